The SMILES string of the molecule is CCc1cnc(CCNC(=O)NCCc2ccc(CO)cc2)s1. The number of aliphatic hydroxyl groups is 1. The number of hydrogen-bond acceptors (Lipinski definition) is 4. The first-order valence-corrected chi connectivity index (χ1v) is 8.67. The predicted molar refractivity (Wildman–Crippen MR) is 92.7 cm³/mol. The molecule has 0 aliphatic rings. The van der Waals surface area contributed by atoms with Crippen molar-refractivity contribution >= 4 is 17.4 Å². The highest BCUT2D eigenvalue weighted by Crippen LogP contribution is 2.13. The summed E-state index contributed by atoms with van der Waals surface area (Å²) in [6.07, 6.45) is 4.44. The molecule has 0 saturated heterocycles. The van der Waals surface area contributed by atoms with Crippen LogP contribution in [0.2, 0.25) is 0 Å². The Morgan fingerprint density at radius 3 is 2.39 bits per heavy atom. The minimum absolute atomic E-state index is 0.0553. The number of urea groups is 1. The molecule has 5 nitrogen and oxygen atoms in total. The number of nitrogens with zero attached hydrogens (tertiary/aromatic N) is 1. The third-order valence-electron chi connectivity index (χ3n) is 3.48. The molecular formula is C17H23N3O2S. The topological polar surface area (TPSA) is 74.2 Å². The first-order chi connectivity index (χ1) is 11.2. The largest absolute Gasteiger partial charge is 0.392 e. The zero-order valence-corrected chi connectivity index (χ0v) is 14.2. The van der Waals surface area contributed by atoms with Crippen LogP contribution in [0.4, 0.5) is 4.79 Å². The molecule has 0 bridgehead atoms. The van der Waals surface area contributed by atoms with Gasteiger partial charge in [0.2, 0.25) is 0 Å². The molecule has 2 amide bonds. The Bertz CT molecular complexity index is 611. The summed E-state index contributed by atoms with van der Waals surface area (Å²) in [5, 5.41) is 15.7. The fraction of sp³-hybridized carbons (Fsp3) is 0.412. The van der Waals surface area contributed by atoms with E-state index in [1.807, 2.05) is 30.5 Å². The van der Waals surface area contributed by atoms with Crippen molar-refractivity contribution in [2.75, 3.05) is 13.1 Å². The Kier molecular flexibility index (Phi) is 7.03. The van der Waals surface area contributed by atoms with E-state index in [2.05, 4.69) is 22.5 Å². The monoisotopic (exact) mass is 333 g/mol. The van der Waals surface area contributed by atoms with Crippen molar-refractivity contribution in [2.24, 2.45) is 0 Å². The highest BCUT2D eigenvalue weighted by atomic mass is 32.1. The second-order valence-corrected chi connectivity index (χ2v) is 6.43. The van der Waals surface area contributed by atoms with Crippen molar-refractivity contribution in [1.29, 1.82) is 0 Å². The van der Waals surface area contributed by atoms with Crippen molar-refractivity contribution in [3.8, 4) is 0 Å². The maximum absolute atomic E-state index is 11.7. The summed E-state index contributed by atoms with van der Waals surface area (Å²) >= 11 is 1.70. The smallest absolute Gasteiger partial charge is 0.314 e. The summed E-state index contributed by atoms with van der Waals surface area (Å²) in [6, 6.07) is 7.59. The molecule has 1 heterocycles. The Labute approximate surface area is 140 Å². The number of benzene rings is 1. The van der Waals surface area contributed by atoms with Gasteiger partial charge in [0.25, 0.3) is 0 Å². The molecule has 0 saturated carbocycles. The summed E-state index contributed by atoms with van der Waals surface area (Å²) in [7, 11) is 0. The van der Waals surface area contributed by atoms with E-state index in [1.165, 1.54) is 4.88 Å². The van der Waals surface area contributed by atoms with Gasteiger partial charge in [0.15, 0.2) is 0 Å². The van der Waals surface area contributed by atoms with E-state index in [4.69, 9.17) is 5.11 Å². The van der Waals surface area contributed by atoms with Gasteiger partial charge in [-0.2, -0.15) is 0 Å². The van der Waals surface area contributed by atoms with Crippen LogP contribution in [0.1, 0.15) is 27.9 Å². The lowest BCUT2D eigenvalue weighted by atomic mass is 10.1. The maximum atomic E-state index is 11.7. The van der Waals surface area contributed by atoms with Gasteiger partial charge in [0.1, 0.15) is 0 Å². The van der Waals surface area contributed by atoms with Crippen molar-refractivity contribution in [3.05, 3.63) is 51.5 Å². The molecule has 3 N–H and O–H groups in total. The number of carbonyl (C=O) groups is 1. The number of rotatable bonds is 8. The highest BCUT2D eigenvalue weighted by Gasteiger charge is 2.03. The molecule has 1 aromatic carbocycles. The van der Waals surface area contributed by atoms with Gasteiger partial charge in [-0.25, -0.2) is 9.78 Å². The Morgan fingerprint density at radius 1 is 1.13 bits per heavy atom. The third kappa shape index (κ3) is 6.00. The molecule has 1 aromatic heterocycles. The van der Waals surface area contributed by atoms with E-state index in [1.54, 1.807) is 11.3 Å². The van der Waals surface area contributed by atoms with Crippen molar-refractivity contribution in [3.63, 3.8) is 0 Å². The summed E-state index contributed by atoms with van der Waals surface area (Å²) in [5.41, 5.74) is 2.03. The van der Waals surface area contributed by atoms with E-state index in [9.17, 15) is 4.79 Å². The van der Waals surface area contributed by atoms with Gasteiger partial charge in [0.05, 0.1) is 11.6 Å². The molecule has 0 unspecified atom stereocenters. The number of aryl methyl sites for hydroxylation is 1. The fourth-order valence-electron chi connectivity index (χ4n) is 2.10. The molecule has 0 fully saturated rings. The lowest BCUT2D eigenvalue weighted by molar-refractivity contribution is 0.241. The number of nitrogens with one attached hydrogen (secondary N) is 2. The van der Waals surface area contributed by atoms with Crippen LogP contribution >= 0.6 is 11.3 Å². The minimum Gasteiger partial charge on any atom is -0.392 e. The number of amides is 2. The normalized spacial score (nSPS) is 10.5. The second-order valence-electron chi connectivity index (χ2n) is 5.23. The van der Waals surface area contributed by atoms with E-state index >= 15 is 0 Å². The lowest BCUT2D eigenvalue weighted by Gasteiger charge is -2.07. The van der Waals surface area contributed by atoms with Crippen LogP contribution < -0.4 is 10.6 Å². The van der Waals surface area contributed by atoms with Crippen molar-refractivity contribution in [2.45, 2.75) is 32.8 Å². The van der Waals surface area contributed by atoms with Crippen LogP contribution in [-0.4, -0.2) is 29.2 Å². The van der Waals surface area contributed by atoms with Gasteiger partial charge in [-0.3, -0.25) is 0 Å². The van der Waals surface area contributed by atoms with Gasteiger partial charge >= 0.3 is 6.03 Å². The van der Waals surface area contributed by atoms with Crippen LogP contribution in [-0.2, 0) is 25.9 Å². The standard InChI is InChI=1S/C17H23N3O2S/c1-2-15-11-20-16(23-15)8-10-19-17(22)18-9-7-13-3-5-14(12-21)6-4-13/h3-6,11,21H,2,7-10,12H2,1H3,(H2,18,19,22). The van der Waals surface area contributed by atoms with Crippen LogP contribution in [0.3, 0.4) is 0 Å². The van der Waals surface area contributed by atoms with Crippen molar-refractivity contribution in [1.82, 2.24) is 15.6 Å². The average molecular weight is 333 g/mol. The number of aromatic nitrogens is 1. The number of carbonyl (C=O) groups excluding carboxylic acids is 1. The van der Waals surface area contributed by atoms with E-state index < -0.39 is 0 Å². The zero-order chi connectivity index (χ0) is 16.5. The second kappa shape index (κ2) is 9.27. The molecule has 0 aliphatic heterocycles. The minimum atomic E-state index is -0.149. The Balaban J connectivity index is 1.61. The number of aliphatic hydroxyl groups excluding tert-OH is 1. The molecule has 0 aliphatic carbocycles. The van der Waals surface area contributed by atoms with Crippen molar-refractivity contribution < 1.29 is 9.90 Å². The molecule has 0 radical (unpaired) electrons. The van der Waals surface area contributed by atoms with E-state index in [-0.39, 0.29) is 12.6 Å². The van der Waals surface area contributed by atoms with E-state index in [0.29, 0.717) is 13.1 Å². The van der Waals surface area contributed by atoms with E-state index in [0.717, 1.165) is 35.4 Å². The van der Waals surface area contributed by atoms with Gasteiger partial charge in [-0.05, 0) is 24.0 Å². The third-order valence-corrected chi connectivity index (χ3v) is 4.68. The Hall–Kier alpha value is -1.92. The molecule has 2 aromatic rings. The van der Waals surface area contributed by atoms with Gasteiger partial charge in [-0.1, -0.05) is 31.2 Å². The highest BCUT2D eigenvalue weighted by molar-refractivity contribution is 7.11. The van der Waals surface area contributed by atoms with Crippen LogP contribution in [0.5, 0.6) is 0 Å². The quantitative estimate of drug-likeness (QED) is 0.694. The van der Waals surface area contributed by atoms with Gasteiger partial charge in [0, 0.05) is 30.6 Å². The summed E-state index contributed by atoms with van der Waals surface area (Å²) < 4.78 is 0. The first-order valence-electron chi connectivity index (χ1n) is 7.85. The van der Waals surface area contributed by atoms with Crippen LogP contribution in [0, 0.1) is 0 Å². The maximum Gasteiger partial charge on any atom is 0.314 e. The molecule has 124 valence electrons. The van der Waals surface area contributed by atoms with Gasteiger partial charge in [-0.15, -0.1) is 11.3 Å². The number of thiazole rings is 1. The molecule has 6 heteroatoms. The first kappa shape index (κ1) is 17.4. The van der Waals surface area contributed by atoms with Crippen LogP contribution in [0.15, 0.2) is 30.5 Å². The molecule has 23 heavy (non-hydrogen) atoms. The molecule has 2 rings (SSSR count). The molecule has 0 spiro atoms. The van der Waals surface area contributed by atoms with Crippen LogP contribution in [0.25, 0.3) is 0 Å². The van der Waals surface area contributed by atoms with Gasteiger partial charge < -0.3 is 15.7 Å². The zero-order valence-electron chi connectivity index (χ0n) is 13.3. The summed E-state index contributed by atoms with van der Waals surface area (Å²) in [5.74, 6) is 0. The Morgan fingerprint density at radius 2 is 1.78 bits per heavy atom. The molecule has 0 atom stereocenters. The lowest BCUT2D eigenvalue weighted by Crippen LogP contribution is -2.37. The average Bonchev–Trinajstić information content (AvgIpc) is 3.03. The predicted octanol–water partition coefficient (Wildman–Crippen LogP) is 2.28. The number of hydrogen-bond donors (Lipinski definition) is 3. The fourth-order valence-corrected chi connectivity index (χ4v) is 2.97. The molecular weight excluding hydrogens is 310 g/mol. The summed E-state index contributed by atoms with van der Waals surface area (Å²) in [4.78, 5) is 17.3. The summed E-state index contributed by atoms with van der Waals surface area (Å²) in [6.45, 7) is 3.34.